The van der Waals surface area contributed by atoms with E-state index in [1.165, 1.54) is 5.56 Å². The number of nitrogens with one attached hydrogen (secondary N) is 1. The lowest BCUT2D eigenvalue weighted by Gasteiger charge is -2.39. The van der Waals surface area contributed by atoms with E-state index < -0.39 is 0 Å². The van der Waals surface area contributed by atoms with Crippen LogP contribution in [0.4, 0.5) is 0 Å². The van der Waals surface area contributed by atoms with Crippen LogP contribution < -0.4 is 11.1 Å². The molecule has 1 heterocycles. The van der Waals surface area contributed by atoms with Crippen LogP contribution >= 0.6 is 15.9 Å². The lowest BCUT2D eigenvalue weighted by molar-refractivity contribution is 0.138. The van der Waals surface area contributed by atoms with Crippen LogP contribution in [0.1, 0.15) is 25.5 Å². The molecule has 1 aromatic carbocycles. The van der Waals surface area contributed by atoms with Gasteiger partial charge in [-0.15, -0.1) is 0 Å². The monoisotopic (exact) mass is 325 g/mol. The topological polar surface area (TPSA) is 41.3 Å². The van der Waals surface area contributed by atoms with Gasteiger partial charge in [0.05, 0.1) is 0 Å². The molecule has 3 nitrogen and oxygen atoms in total. The van der Waals surface area contributed by atoms with Gasteiger partial charge in [-0.2, -0.15) is 0 Å². The van der Waals surface area contributed by atoms with Crippen molar-refractivity contribution in [3.63, 3.8) is 0 Å². The molecule has 0 saturated carbocycles. The van der Waals surface area contributed by atoms with E-state index in [0.717, 1.165) is 37.2 Å². The summed E-state index contributed by atoms with van der Waals surface area (Å²) in [5, 5.41) is 3.39. The molecule has 0 amide bonds. The van der Waals surface area contributed by atoms with Crippen molar-refractivity contribution in [2.75, 3.05) is 32.7 Å². The SMILES string of the molecule is CC(C)(CN1CCNCC1)C(N)c1ccccc1Br. The highest BCUT2D eigenvalue weighted by molar-refractivity contribution is 9.10. The Bertz CT molecular complexity index is 414. The third-order valence-corrected chi connectivity index (χ3v) is 4.65. The Morgan fingerprint density at radius 2 is 1.95 bits per heavy atom. The first-order chi connectivity index (χ1) is 9.00. The van der Waals surface area contributed by atoms with Crippen LogP contribution in [-0.2, 0) is 0 Å². The first-order valence-electron chi connectivity index (χ1n) is 6.94. The van der Waals surface area contributed by atoms with E-state index in [2.05, 4.69) is 58.2 Å². The van der Waals surface area contributed by atoms with Gasteiger partial charge in [0.15, 0.2) is 0 Å². The van der Waals surface area contributed by atoms with Crippen molar-refractivity contribution >= 4 is 15.9 Å². The fraction of sp³-hybridized carbons (Fsp3) is 0.600. The van der Waals surface area contributed by atoms with Crippen molar-refractivity contribution in [1.82, 2.24) is 10.2 Å². The van der Waals surface area contributed by atoms with Gasteiger partial charge < -0.3 is 16.0 Å². The minimum Gasteiger partial charge on any atom is -0.323 e. The molecule has 4 heteroatoms. The Morgan fingerprint density at radius 1 is 1.32 bits per heavy atom. The first-order valence-corrected chi connectivity index (χ1v) is 7.73. The van der Waals surface area contributed by atoms with Crippen LogP contribution in [0.15, 0.2) is 28.7 Å². The zero-order valence-corrected chi connectivity index (χ0v) is 13.4. The van der Waals surface area contributed by atoms with E-state index in [0.29, 0.717) is 0 Å². The zero-order valence-electron chi connectivity index (χ0n) is 11.8. The van der Waals surface area contributed by atoms with Gasteiger partial charge in [-0.3, -0.25) is 0 Å². The van der Waals surface area contributed by atoms with E-state index in [-0.39, 0.29) is 11.5 Å². The molecule has 1 aliphatic rings. The summed E-state index contributed by atoms with van der Waals surface area (Å²) in [4.78, 5) is 2.51. The molecule has 1 aromatic rings. The second kappa shape index (κ2) is 6.35. The van der Waals surface area contributed by atoms with E-state index in [9.17, 15) is 0 Å². The second-order valence-electron chi connectivity index (χ2n) is 6.01. The number of benzene rings is 1. The second-order valence-corrected chi connectivity index (χ2v) is 6.87. The molecule has 0 aliphatic carbocycles. The zero-order chi connectivity index (χ0) is 13.9. The molecule has 1 saturated heterocycles. The number of hydrogen-bond acceptors (Lipinski definition) is 3. The normalized spacial score (nSPS) is 19.4. The summed E-state index contributed by atoms with van der Waals surface area (Å²) in [5.41, 5.74) is 7.77. The number of halogens is 1. The lowest BCUT2D eigenvalue weighted by atomic mass is 9.80. The van der Waals surface area contributed by atoms with Crippen molar-refractivity contribution in [2.45, 2.75) is 19.9 Å². The average Bonchev–Trinajstić information content (AvgIpc) is 2.39. The molecule has 2 rings (SSSR count). The van der Waals surface area contributed by atoms with Crippen LogP contribution in [0.5, 0.6) is 0 Å². The van der Waals surface area contributed by atoms with Gasteiger partial charge in [-0.05, 0) is 17.0 Å². The third kappa shape index (κ3) is 3.78. The van der Waals surface area contributed by atoms with Gasteiger partial charge in [-0.25, -0.2) is 0 Å². The minimum atomic E-state index is 0.0398. The van der Waals surface area contributed by atoms with E-state index in [1.54, 1.807) is 0 Å². The quantitative estimate of drug-likeness (QED) is 0.893. The van der Waals surface area contributed by atoms with E-state index >= 15 is 0 Å². The Labute approximate surface area is 124 Å². The fourth-order valence-electron chi connectivity index (χ4n) is 2.69. The van der Waals surface area contributed by atoms with Crippen LogP contribution in [0.2, 0.25) is 0 Å². The number of nitrogens with zero attached hydrogens (tertiary/aromatic N) is 1. The van der Waals surface area contributed by atoms with Crippen LogP contribution in [0.25, 0.3) is 0 Å². The highest BCUT2D eigenvalue weighted by atomic mass is 79.9. The molecule has 1 aliphatic heterocycles. The fourth-order valence-corrected chi connectivity index (χ4v) is 3.22. The van der Waals surface area contributed by atoms with Gasteiger partial charge >= 0.3 is 0 Å². The molecule has 3 N–H and O–H groups in total. The summed E-state index contributed by atoms with van der Waals surface area (Å²) >= 11 is 3.61. The molecule has 19 heavy (non-hydrogen) atoms. The predicted octanol–water partition coefficient (Wildman–Crippen LogP) is 2.38. The summed E-state index contributed by atoms with van der Waals surface area (Å²) in [6.07, 6.45) is 0. The van der Waals surface area contributed by atoms with Gasteiger partial charge in [-0.1, -0.05) is 48.0 Å². The molecule has 106 valence electrons. The maximum Gasteiger partial charge on any atom is 0.0370 e. The number of rotatable bonds is 4. The molecule has 1 fully saturated rings. The Kier molecular flexibility index (Phi) is 5.01. The molecule has 1 atom stereocenters. The molecular formula is C15H24BrN3. The lowest BCUT2D eigenvalue weighted by Crippen LogP contribution is -2.49. The maximum atomic E-state index is 6.52. The first kappa shape index (κ1) is 15.0. The van der Waals surface area contributed by atoms with Gasteiger partial charge in [0.2, 0.25) is 0 Å². The van der Waals surface area contributed by atoms with Gasteiger partial charge in [0, 0.05) is 43.2 Å². The minimum absolute atomic E-state index is 0.0398. The number of piperazine rings is 1. The van der Waals surface area contributed by atoms with Crippen molar-refractivity contribution in [3.8, 4) is 0 Å². The molecule has 0 bridgehead atoms. The molecular weight excluding hydrogens is 302 g/mol. The van der Waals surface area contributed by atoms with Crippen molar-refractivity contribution < 1.29 is 0 Å². The predicted molar refractivity (Wildman–Crippen MR) is 84.2 cm³/mol. The summed E-state index contributed by atoms with van der Waals surface area (Å²) in [6, 6.07) is 8.31. The molecule has 0 spiro atoms. The summed E-state index contributed by atoms with van der Waals surface area (Å²) in [7, 11) is 0. The van der Waals surface area contributed by atoms with E-state index in [4.69, 9.17) is 5.73 Å². The Balaban J connectivity index is 2.07. The van der Waals surface area contributed by atoms with Gasteiger partial charge in [0.25, 0.3) is 0 Å². The van der Waals surface area contributed by atoms with Crippen molar-refractivity contribution in [1.29, 1.82) is 0 Å². The summed E-state index contributed by atoms with van der Waals surface area (Å²) in [5.74, 6) is 0. The maximum absolute atomic E-state index is 6.52. The highest BCUT2D eigenvalue weighted by Gasteiger charge is 2.31. The number of nitrogens with two attached hydrogens (primary N) is 1. The molecule has 0 aromatic heterocycles. The third-order valence-electron chi connectivity index (χ3n) is 3.92. The number of hydrogen-bond donors (Lipinski definition) is 2. The Hall–Kier alpha value is -0.420. The van der Waals surface area contributed by atoms with Crippen LogP contribution in [0, 0.1) is 5.41 Å². The van der Waals surface area contributed by atoms with Crippen LogP contribution in [0.3, 0.4) is 0 Å². The van der Waals surface area contributed by atoms with Crippen LogP contribution in [-0.4, -0.2) is 37.6 Å². The standard InChI is InChI=1S/C15H24BrN3/c1-15(2,11-19-9-7-18-8-10-19)14(17)12-5-3-4-6-13(12)16/h3-6,14,18H,7-11,17H2,1-2H3. The molecule has 0 radical (unpaired) electrons. The van der Waals surface area contributed by atoms with Crippen molar-refractivity contribution in [3.05, 3.63) is 34.3 Å². The highest BCUT2D eigenvalue weighted by Crippen LogP contribution is 2.35. The summed E-state index contributed by atoms with van der Waals surface area (Å²) in [6.45, 7) is 9.97. The largest absolute Gasteiger partial charge is 0.323 e. The van der Waals surface area contributed by atoms with Gasteiger partial charge in [0.1, 0.15) is 0 Å². The smallest absolute Gasteiger partial charge is 0.0370 e. The Morgan fingerprint density at radius 3 is 2.58 bits per heavy atom. The summed E-state index contributed by atoms with van der Waals surface area (Å²) < 4.78 is 1.11. The van der Waals surface area contributed by atoms with Crippen molar-refractivity contribution in [2.24, 2.45) is 11.1 Å². The van der Waals surface area contributed by atoms with E-state index in [1.807, 2.05) is 6.07 Å². The molecule has 1 unspecified atom stereocenters. The average molecular weight is 326 g/mol.